The molecule has 0 unspecified atom stereocenters. The molecule has 0 fully saturated rings. The van der Waals surface area contributed by atoms with Crippen LogP contribution >= 0.6 is 35.1 Å². The molecule has 2 rings (SSSR count). The average Bonchev–Trinajstić information content (AvgIpc) is 2.52. The number of aromatic nitrogens is 2. The summed E-state index contributed by atoms with van der Waals surface area (Å²) in [6.07, 6.45) is 1.96. The molecule has 1 aliphatic heterocycles. The number of rotatable bonds is 1. The van der Waals surface area contributed by atoms with E-state index in [1.54, 1.807) is 0 Å². The van der Waals surface area contributed by atoms with Crippen LogP contribution in [0.2, 0.25) is 5.15 Å². The predicted octanol–water partition coefficient (Wildman–Crippen LogP) is 2.60. The number of thioether (sulfide) groups is 2. The number of halogens is 1. The molecule has 0 radical (unpaired) electrons. The van der Waals surface area contributed by atoms with Crippen LogP contribution in [0.25, 0.3) is 0 Å². The lowest BCUT2D eigenvalue weighted by molar-refractivity contribution is 0.917. The number of nitrogens with zero attached hydrogens (tertiary/aromatic N) is 2. The van der Waals surface area contributed by atoms with Crippen LogP contribution in [0.1, 0.15) is 11.3 Å². The Hall–Kier alpha value is 0.0700. The molecule has 2 heterocycles. The first kappa shape index (κ1) is 8.66. The lowest BCUT2D eigenvalue weighted by atomic mass is 10.3. The summed E-state index contributed by atoms with van der Waals surface area (Å²) in [5, 5.41) is 1.41. The van der Waals surface area contributed by atoms with E-state index in [0.717, 1.165) is 27.9 Å². The van der Waals surface area contributed by atoms with Crippen LogP contribution < -0.4 is 0 Å². The molecule has 0 spiro atoms. The molecule has 2 nitrogen and oxygen atoms in total. The topological polar surface area (TPSA) is 25.8 Å². The maximum atomic E-state index is 5.98. The van der Waals surface area contributed by atoms with E-state index in [9.17, 15) is 0 Å². The molecule has 1 aromatic heterocycles. The van der Waals surface area contributed by atoms with Crippen molar-refractivity contribution in [2.45, 2.75) is 16.7 Å². The summed E-state index contributed by atoms with van der Waals surface area (Å²) in [5.41, 5.74) is 2.24. The maximum absolute atomic E-state index is 5.98. The summed E-state index contributed by atoms with van der Waals surface area (Å²) >= 11 is 9.35. The molecular formula is C7H7ClN2S2. The number of hydrogen-bond acceptors (Lipinski definition) is 4. The Labute approximate surface area is 84.5 Å². The molecule has 0 amide bonds. The zero-order valence-corrected chi connectivity index (χ0v) is 8.89. The standard InChI is InChI=1S/C7H7ClN2S2/c1-11-7-9-5-3-12-2-4(5)6(8)10-7/h2-3H2,1H3. The van der Waals surface area contributed by atoms with Crippen molar-refractivity contribution in [1.29, 1.82) is 0 Å². The highest BCUT2D eigenvalue weighted by Gasteiger charge is 2.17. The minimum atomic E-state index is 0.634. The summed E-state index contributed by atoms with van der Waals surface area (Å²) in [5.74, 6) is 1.94. The molecule has 1 aliphatic rings. The molecule has 5 heteroatoms. The Kier molecular flexibility index (Phi) is 2.48. The molecule has 1 aromatic rings. The first-order valence-electron chi connectivity index (χ1n) is 3.48. The van der Waals surface area contributed by atoms with E-state index < -0.39 is 0 Å². The van der Waals surface area contributed by atoms with E-state index in [2.05, 4.69) is 9.97 Å². The van der Waals surface area contributed by atoms with Gasteiger partial charge < -0.3 is 0 Å². The van der Waals surface area contributed by atoms with Gasteiger partial charge in [0, 0.05) is 17.1 Å². The molecule has 0 atom stereocenters. The van der Waals surface area contributed by atoms with Crippen LogP contribution in [0.15, 0.2) is 5.16 Å². The fourth-order valence-corrected chi connectivity index (χ4v) is 2.89. The molecule has 0 N–H and O–H groups in total. The fraction of sp³-hybridized carbons (Fsp3) is 0.429. The van der Waals surface area contributed by atoms with Gasteiger partial charge in [-0.1, -0.05) is 23.4 Å². The van der Waals surface area contributed by atoms with Gasteiger partial charge in [-0.05, 0) is 6.26 Å². The van der Waals surface area contributed by atoms with Crippen molar-refractivity contribution in [1.82, 2.24) is 9.97 Å². The van der Waals surface area contributed by atoms with Crippen molar-refractivity contribution < 1.29 is 0 Å². The molecule has 0 bridgehead atoms. The normalized spacial score (nSPS) is 14.8. The van der Waals surface area contributed by atoms with E-state index in [0.29, 0.717) is 5.15 Å². The lowest BCUT2D eigenvalue weighted by Gasteiger charge is -2.01. The van der Waals surface area contributed by atoms with E-state index in [4.69, 9.17) is 11.6 Å². The van der Waals surface area contributed by atoms with Gasteiger partial charge in [0.2, 0.25) is 0 Å². The fourth-order valence-electron chi connectivity index (χ4n) is 1.08. The summed E-state index contributed by atoms with van der Waals surface area (Å²) in [7, 11) is 0. The molecular weight excluding hydrogens is 212 g/mol. The van der Waals surface area contributed by atoms with Gasteiger partial charge >= 0.3 is 0 Å². The predicted molar refractivity (Wildman–Crippen MR) is 53.8 cm³/mol. The van der Waals surface area contributed by atoms with Crippen molar-refractivity contribution >= 4 is 35.1 Å². The third-order valence-electron chi connectivity index (χ3n) is 1.69. The van der Waals surface area contributed by atoms with Gasteiger partial charge in [0.25, 0.3) is 0 Å². The Morgan fingerprint density at radius 1 is 1.42 bits per heavy atom. The van der Waals surface area contributed by atoms with Gasteiger partial charge in [0.1, 0.15) is 5.15 Å². The first-order valence-corrected chi connectivity index (χ1v) is 6.24. The summed E-state index contributed by atoms with van der Waals surface area (Å²) in [6.45, 7) is 0. The Balaban J connectivity index is 2.51. The van der Waals surface area contributed by atoms with Crippen molar-refractivity contribution in [3.8, 4) is 0 Å². The van der Waals surface area contributed by atoms with Crippen LogP contribution in [0, 0.1) is 0 Å². The summed E-state index contributed by atoms with van der Waals surface area (Å²) < 4.78 is 0. The molecule has 0 aromatic carbocycles. The van der Waals surface area contributed by atoms with Crippen LogP contribution in [0.5, 0.6) is 0 Å². The van der Waals surface area contributed by atoms with Crippen molar-refractivity contribution in [2.24, 2.45) is 0 Å². The molecule has 0 aliphatic carbocycles. The number of hydrogen-bond donors (Lipinski definition) is 0. The highest BCUT2D eigenvalue weighted by atomic mass is 35.5. The van der Waals surface area contributed by atoms with Crippen LogP contribution in [0.3, 0.4) is 0 Å². The van der Waals surface area contributed by atoms with Gasteiger partial charge in [0.15, 0.2) is 5.16 Å². The summed E-state index contributed by atoms with van der Waals surface area (Å²) in [4.78, 5) is 8.55. The van der Waals surface area contributed by atoms with Crippen LogP contribution in [0.4, 0.5) is 0 Å². The second kappa shape index (κ2) is 3.44. The highest BCUT2D eigenvalue weighted by molar-refractivity contribution is 7.98. The second-order valence-corrected chi connectivity index (χ2v) is 4.54. The van der Waals surface area contributed by atoms with E-state index in [-0.39, 0.29) is 0 Å². The van der Waals surface area contributed by atoms with Gasteiger partial charge in [-0.3, -0.25) is 0 Å². The first-order chi connectivity index (χ1) is 5.81. The van der Waals surface area contributed by atoms with Gasteiger partial charge in [-0.15, -0.1) is 0 Å². The van der Waals surface area contributed by atoms with Crippen LogP contribution in [-0.4, -0.2) is 16.2 Å². The molecule has 0 saturated carbocycles. The Morgan fingerprint density at radius 2 is 2.25 bits per heavy atom. The van der Waals surface area contributed by atoms with Crippen molar-refractivity contribution in [3.05, 3.63) is 16.4 Å². The monoisotopic (exact) mass is 218 g/mol. The number of fused-ring (bicyclic) bond motifs is 1. The highest BCUT2D eigenvalue weighted by Crippen LogP contribution is 2.33. The van der Waals surface area contributed by atoms with Gasteiger partial charge in [-0.25, -0.2) is 9.97 Å². The van der Waals surface area contributed by atoms with Crippen molar-refractivity contribution in [2.75, 3.05) is 6.26 Å². The Bertz CT molecular complexity index is 317. The maximum Gasteiger partial charge on any atom is 0.188 e. The van der Waals surface area contributed by atoms with E-state index in [1.165, 1.54) is 11.8 Å². The molecule has 0 saturated heterocycles. The second-order valence-electron chi connectivity index (χ2n) is 2.42. The molecule has 12 heavy (non-hydrogen) atoms. The molecule has 64 valence electrons. The minimum absolute atomic E-state index is 0.634. The van der Waals surface area contributed by atoms with Crippen LogP contribution in [-0.2, 0) is 11.5 Å². The third kappa shape index (κ3) is 1.43. The minimum Gasteiger partial charge on any atom is -0.226 e. The third-order valence-corrected chi connectivity index (χ3v) is 3.52. The SMILES string of the molecule is CSc1nc(Cl)c2c(n1)CSC2. The summed E-state index contributed by atoms with van der Waals surface area (Å²) in [6, 6.07) is 0. The smallest absolute Gasteiger partial charge is 0.188 e. The van der Waals surface area contributed by atoms with E-state index in [1.807, 2.05) is 18.0 Å². The van der Waals surface area contributed by atoms with E-state index >= 15 is 0 Å². The largest absolute Gasteiger partial charge is 0.226 e. The average molecular weight is 219 g/mol. The quantitative estimate of drug-likeness (QED) is 0.411. The lowest BCUT2D eigenvalue weighted by Crippen LogP contribution is -1.95. The Morgan fingerprint density at radius 3 is 3.00 bits per heavy atom. The zero-order valence-electron chi connectivity index (χ0n) is 6.50. The zero-order chi connectivity index (χ0) is 8.55. The van der Waals surface area contributed by atoms with Gasteiger partial charge in [0.05, 0.1) is 5.69 Å². The van der Waals surface area contributed by atoms with Gasteiger partial charge in [-0.2, -0.15) is 11.8 Å². The van der Waals surface area contributed by atoms with Crippen molar-refractivity contribution in [3.63, 3.8) is 0 Å².